The molecule has 9 heteroatoms. The van der Waals surface area contributed by atoms with E-state index >= 15 is 0 Å². The molecule has 1 amide bonds. The smallest absolute Gasteiger partial charge is 0.293 e. The molecule has 0 saturated heterocycles. The SMILES string of the molecule is CC(C(=O)NS(=O)(=O)CCNc1ccccc1COC=O)c1cccc(C(=O)c2ccccc2)c1. The highest BCUT2D eigenvalue weighted by Crippen LogP contribution is 2.20. The highest BCUT2D eigenvalue weighted by atomic mass is 32.2. The summed E-state index contributed by atoms with van der Waals surface area (Å²) in [5, 5.41) is 2.98. The number of hydrogen-bond acceptors (Lipinski definition) is 7. The number of carbonyl (C=O) groups excluding carboxylic acids is 3. The summed E-state index contributed by atoms with van der Waals surface area (Å²) in [6, 6.07) is 22.4. The molecule has 0 spiro atoms. The predicted molar refractivity (Wildman–Crippen MR) is 132 cm³/mol. The van der Waals surface area contributed by atoms with E-state index in [0.29, 0.717) is 34.4 Å². The van der Waals surface area contributed by atoms with Crippen molar-refractivity contribution in [3.8, 4) is 0 Å². The number of nitrogens with one attached hydrogen (secondary N) is 2. The quantitative estimate of drug-likeness (QED) is 0.293. The van der Waals surface area contributed by atoms with E-state index < -0.39 is 21.8 Å². The topological polar surface area (TPSA) is 119 Å². The fraction of sp³-hybridized carbons (Fsp3) is 0.192. The van der Waals surface area contributed by atoms with Crippen LogP contribution in [0.4, 0.5) is 5.69 Å². The zero-order chi connectivity index (χ0) is 25.3. The van der Waals surface area contributed by atoms with Crippen molar-refractivity contribution < 1.29 is 27.5 Å². The van der Waals surface area contributed by atoms with Gasteiger partial charge in [0.15, 0.2) is 5.78 Å². The summed E-state index contributed by atoms with van der Waals surface area (Å²) in [5.41, 5.74) is 2.79. The van der Waals surface area contributed by atoms with E-state index in [1.165, 1.54) is 0 Å². The Morgan fingerprint density at radius 3 is 2.37 bits per heavy atom. The van der Waals surface area contributed by atoms with Crippen LogP contribution in [-0.4, -0.2) is 38.9 Å². The van der Waals surface area contributed by atoms with E-state index in [4.69, 9.17) is 4.74 Å². The van der Waals surface area contributed by atoms with Crippen LogP contribution in [0.3, 0.4) is 0 Å². The Labute approximate surface area is 204 Å². The summed E-state index contributed by atoms with van der Waals surface area (Å²) in [6.07, 6.45) is 0. The summed E-state index contributed by atoms with van der Waals surface area (Å²) in [5.74, 6) is -2.00. The van der Waals surface area contributed by atoms with Crippen molar-refractivity contribution >= 4 is 33.9 Å². The van der Waals surface area contributed by atoms with Gasteiger partial charge in [-0.1, -0.05) is 66.7 Å². The van der Waals surface area contributed by atoms with Crippen LogP contribution in [-0.2, 0) is 31.0 Å². The monoisotopic (exact) mass is 494 g/mol. The van der Waals surface area contributed by atoms with Crippen molar-refractivity contribution in [2.45, 2.75) is 19.4 Å². The predicted octanol–water partition coefficient (Wildman–Crippen LogP) is 3.25. The minimum Gasteiger partial charge on any atom is -0.463 e. The zero-order valence-corrected chi connectivity index (χ0v) is 20.0. The lowest BCUT2D eigenvalue weighted by Crippen LogP contribution is -2.37. The van der Waals surface area contributed by atoms with Crippen LogP contribution in [0.1, 0.15) is 39.9 Å². The van der Waals surface area contributed by atoms with E-state index in [1.54, 1.807) is 79.7 Å². The van der Waals surface area contributed by atoms with Gasteiger partial charge in [-0.15, -0.1) is 0 Å². The van der Waals surface area contributed by atoms with Crippen LogP contribution in [0, 0.1) is 0 Å². The number of para-hydroxylation sites is 1. The molecule has 1 unspecified atom stereocenters. The average molecular weight is 495 g/mol. The molecule has 3 aromatic carbocycles. The Morgan fingerprint density at radius 2 is 1.63 bits per heavy atom. The lowest BCUT2D eigenvalue weighted by molar-refractivity contribution is -0.129. The molecule has 0 radical (unpaired) electrons. The van der Waals surface area contributed by atoms with Crippen molar-refractivity contribution in [1.82, 2.24) is 4.72 Å². The molecule has 0 aliphatic carbocycles. The minimum atomic E-state index is -3.92. The van der Waals surface area contributed by atoms with Gasteiger partial charge in [0.1, 0.15) is 6.61 Å². The first-order valence-electron chi connectivity index (χ1n) is 10.9. The number of ether oxygens (including phenoxy) is 1. The molecule has 0 bridgehead atoms. The molecule has 8 nitrogen and oxygen atoms in total. The summed E-state index contributed by atoms with van der Waals surface area (Å²) in [4.78, 5) is 35.8. The van der Waals surface area contributed by atoms with Crippen LogP contribution >= 0.6 is 0 Å². The van der Waals surface area contributed by atoms with Gasteiger partial charge in [0.25, 0.3) is 6.47 Å². The Morgan fingerprint density at radius 1 is 0.943 bits per heavy atom. The molecule has 2 N–H and O–H groups in total. The van der Waals surface area contributed by atoms with E-state index in [9.17, 15) is 22.8 Å². The molecule has 1 atom stereocenters. The van der Waals surface area contributed by atoms with Crippen LogP contribution in [0.5, 0.6) is 0 Å². The lowest BCUT2D eigenvalue weighted by atomic mass is 9.95. The summed E-state index contributed by atoms with van der Waals surface area (Å²) >= 11 is 0. The van der Waals surface area contributed by atoms with E-state index in [1.807, 2.05) is 6.07 Å². The number of anilines is 1. The van der Waals surface area contributed by atoms with Gasteiger partial charge in [-0.2, -0.15) is 0 Å². The minimum absolute atomic E-state index is 0.0379. The maximum Gasteiger partial charge on any atom is 0.293 e. The van der Waals surface area contributed by atoms with Gasteiger partial charge in [0, 0.05) is 28.9 Å². The van der Waals surface area contributed by atoms with Crippen molar-refractivity contribution in [1.29, 1.82) is 0 Å². The van der Waals surface area contributed by atoms with Gasteiger partial charge in [-0.3, -0.25) is 19.1 Å². The van der Waals surface area contributed by atoms with Crippen molar-refractivity contribution in [2.24, 2.45) is 0 Å². The van der Waals surface area contributed by atoms with E-state index in [2.05, 4.69) is 10.0 Å². The van der Waals surface area contributed by atoms with Crippen molar-refractivity contribution in [2.75, 3.05) is 17.6 Å². The van der Waals surface area contributed by atoms with Gasteiger partial charge in [-0.05, 0) is 24.6 Å². The second-order valence-corrected chi connectivity index (χ2v) is 9.66. The number of amides is 1. The van der Waals surface area contributed by atoms with E-state index in [0.717, 1.165) is 0 Å². The molecule has 182 valence electrons. The standard InChI is InChI=1S/C26H26N2O6S/c1-19(21-11-7-12-22(16-21)25(30)20-8-3-2-4-9-20)26(31)28-35(32,33)15-14-27-24-13-6-5-10-23(24)17-34-18-29/h2-13,16,18-19,27H,14-15,17H2,1H3,(H,28,31). The zero-order valence-electron chi connectivity index (χ0n) is 19.1. The Hall–Kier alpha value is -3.98. The second-order valence-electron chi connectivity index (χ2n) is 7.82. The number of carbonyl (C=O) groups is 3. The molecule has 35 heavy (non-hydrogen) atoms. The van der Waals surface area contributed by atoms with Crippen molar-refractivity contribution in [3.05, 3.63) is 101 Å². The largest absolute Gasteiger partial charge is 0.463 e. The molecular weight excluding hydrogens is 468 g/mol. The third-order valence-electron chi connectivity index (χ3n) is 5.34. The van der Waals surface area contributed by atoms with E-state index in [-0.39, 0.29) is 24.7 Å². The number of rotatable bonds is 12. The average Bonchev–Trinajstić information content (AvgIpc) is 2.87. The first-order chi connectivity index (χ1) is 16.8. The maximum absolute atomic E-state index is 12.7. The van der Waals surface area contributed by atoms with Crippen LogP contribution in [0.15, 0.2) is 78.9 Å². The number of hydrogen-bond donors (Lipinski definition) is 2. The second kappa shape index (κ2) is 11.9. The number of ketones is 1. The van der Waals surface area contributed by atoms with Crippen molar-refractivity contribution in [3.63, 3.8) is 0 Å². The van der Waals surface area contributed by atoms with Crippen LogP contribution in [0.2, 0.25) is 0 Å². The molecule has 0 saturated carbocycles. The molecule has 0 aliphatic heterocycles. The molecule has 0 aromatic heterocycles. The molecule has 0 heterocycles. The lowest BCUT2D eigenvalue weighted by Gasteiger charge is -2.15. The van der Waals surface area contributed by atoms with Gasteiger partial charge < -0.3 is 10.1 Å². The third kappa shape index (κ3) is 7.25. The first-order valence-corrected chi connectivity index (χ1v) is 12.6. The first kappa shape index (κ1) is 25.6. The highest BCUT2D eigenvalue weighted by Gasteiger charge is 2.22. The van der Waals surface area contributed by atoms with Gasteiger partial charge in [0.05, 0.1) is 11.7 Å². The van der Waals surface area contributed by atoms with Crippen LogP contribution in [0.25, 0.3) is 0 Å². The normalized spacial score (nSPS) is 11.8. The molecule has 3 rings (SSSR count). The molecule has 0 aliphatic rings. The van der Waals surface area contributed by atoms with Crippen LogP contribution < -0.4 is 10.0 Å². The summed E-state index contributed by atoms with van der Waals surface area (Å²) in [6.45, 7) is 2.01. The fourth-order valence-corrected chi connectivity index (χ4v) is 4.37. The van der Waals surface area contributed by atoms with Gasteiger partial charge in [0.2, 0.25) is 15.9 Å². The molecular formula is C26H26N2O6S. The Kier molecular flexibility index (Phi) is 8.74. The number of benzene rings is 3. The van der Waals surface area contributed by atoms with Gasteiger partial charge in [-0.25, -0.2) is 8.42 Å². The summed E-state index contributed by atoms with van der Waals surface area (Å²) in [7, 11) is -3.92. The molecule has 0 fully saturated rings. The summed E-state index contributed by atoms with van der Waals surface area (Å²) < 4.78 is 31.8. The fourth-order valence-electron chi connectivity index (χ4n) is 3.41. The number of sulfonamides is 1. The molecule has 3 aromatic rings. The van der Waals surface area contributed by atoms with Gasteiger partial charge >= 0.3 is 0 Å². The maximum atomic E-state index is 12.7. The Bertz CT molecular complexity index is 1290. The highest BCUT2D eigenvalue weighted by molar-refractivity contribution is 7.90. The third-order valence-corrected chi connectivity index (χ3v) is 6.60. The Balaban J connectivity index is 1.60.